The number of rotatable bonds is 2. The fourth-order valence-electron chi connectivity index (χ4n) is 2.45. The van der Waals surface area contributed by atoms with Crippen LogP contribution in [0.3, 0.4) is 0 Å². The van der Waals surface area contributed by atoms with Crippen LogP contribution in [0.2, 0.25) is 0 Å². The van der Waals surface area contributed by atoms with E-state index in [1.54, 1.807) is 11.3 Å². The Morgan fingerprint density at radius 3 is 2.95 bits per heavy atom. The Hall–Kier alpha value is -2.26. The quantitative estimate of drug-likeness (QED) is 0.888. The van der Waals surface area contributed by atoms with Gasteiger partial charge in [0.25, 0.3) is 0 Å². The SMILES string of the molecule is CC(C)c1[nH]nc2c1[C@H](c1cccs1)C(C#N)=C(N)O2. The second-order valence-electron chi connectivity index (χ2n) is 4.95. The molecule has 1 aliphatic heterocycles. The van der Waals surface area contributed by atoms with Gasteiger partial charge in [-0.05, 0) is 17.4 Å². The number of nitrogens with two attached hydrogens (primary N) is 1. The predicted molar refractivity (Wildman–Crippen MR) is 76.3 cm³/mol. The lowest BCUT2D eigenvalue weighted by Crippen LogP contribution is -2.21. The molecule has 1 aliphatic rings. The predicted octanol–water partition coefficient (Wildman–Crippen LogP) is 2.81. The molecule has 0 amide bonds. The first-order valence-corrected chi connectivity index (χ1v) is 7.20. The van der Waals surface area contributed by atoms with E-state index < -0.39 is 0 Å². The van der Waals surface area contributed by atoms with E-state index in [0.29, 0.717) is 11.5 Å². The Labute approximate surface area is 120 Å². The van der Waals surface area contributed by atoms with Gasteiger partial charge in [-0.2, -0.15) is 5.26 Å². The van der Waals surface area contributed by atoms with Gasteiger partial charge < -0.3 is 10.5 Å². The summed E-state index contributed by atoms with van der Waals surface area (Å²) in [4.78, 5) is 1.07. The highest BCUT2D eigenvalue weighted by atomic mass is 32.1. The summed E-state index contributed by atoms with van der Waals surface area (Å²) in [5, 5.41) is 18.6. The van der Waals surface area contributed by atoms with Gasteiger partial charge in [0.1, 0.15) is 11.6 Å². The van der Waals surface area contributed by atoms with E-state index in [9.17, 15) is 5.26 Å². The van der Waals surface area contributed by atoms with Crippen LogP contribution in [-0.2, 0) is 0 Å². The van der Waals surface area contributed by atoms with Crippen molar-refractivity contribution in [2.24, 2.45) is 5.73 Å². The maximum Gasteiger partial charge on any atom is 0.244 e. The number of hydrogen-bond acceptors (Lipinski definition) is 5. The van der Waals surface area contributed by atoms with Crippen molar-refractivity contribution in [3.05, 3.63) is 45.1 Å². The van der Waals surface area contributed by atoms with Crippen LogP contribution >= 0.6 is 11.3 Å². The van der Waals surface area contributed by atoms with E-state index >= 15 is 0 Å². The van der Waals surface area contributed by atoms with Gasteiger partial charge in [-0.15, -0.1) is 16.4 Å². The van der Waals surface area contributed by atoms with Crippen LogP contribution in [0.25, 0.3) is 0 Å². The Kier molecular flexibility index (Phi) is 2.99. The number of aromatic amines is 1. The fraction of sp³-hybridized carbons (Fsp3) is 0.286. The van der Waals surface area contributed by atoms with E-state index in [4.69, 9.17) is 10.5 Å². The van der Waals surface area contributed by atoms with Gasteiger partial charge in [-0.3, -0.25) is 5.10 Å². The monoisotopic (exact) mass is 286 g/mol. The van der Waals surface area contributed by atoms with Crippen molar-refractivity contribution in [3.63, 3.8) is 0 Å². The van der Waals surface area contributed by atoms with Gasteiger partial charge in [0.2, 0.25) is 11.8 Å². The molecule has 0 bridgehead atoms. The maximum absolute atomic E-state index is 9.43. The number of aromatic nitrogens is 2. The minimum Gasteiger partial charge on any atom is -0.420 e. The Morgan fingerprint density at radius 1 is 1.55 bits per heavy atom. The van der Waals surface area contributed by atoms with E-state index in [-0.39, 0.29) is 17.7 Å². The number of H-pyrrole nitrogens is 1. The van der Waals surface area contributed by atoms with Crippen molar-refractivity contribution >= 4 is 11.3 Å². The molecule has 20 heavy (non-hydrogen) atoms. The van der Waals surface area contributed by atoms with Crippen molar-refractivity contribution in [2.45, 2.75) is 25.7 Å². The molecule has 0 fully saturated rings. The first-order valence-electron chi connectivity index (χ1n) is 6.32. The normalized spacial score (nSPS) is 17.8. The van der Waals surface area contributed by atoms with Crippen molar-refractivity contribution in [1.29, 1.82) is 5.26 Å². The first kappa shape index (κ1) is 12.8. The highest BCUT2D eigenvalue weighted by molar-refractivity contribution is 7.10. The average Bonchev–Trinajstić information content (AvgIpc) is 3.05. The van der Waals surface area contributed by atoms with Crippen molar-refractivity contribution in [1.82, 2.24) is 10.2 Å². The number of fused-ring (bicyclic) bond motifs is 1. The average molecular weight is 286 g/mol. The Balaban J connectivity index is 2.24. The van der Waals surface area contributed by atoms with Crippen LogP contribution in [0.1, 0.15) is 41.8 Å². The molecule has 0 saturated carbocycles. The molecule has 0 aromatic carbocycles. The number of hydrogen-bond donors (Lipinski definition) is 2. The molecule has 0 unspecified atom stereocenters. The first-order chi connectivity index (χ1) is 9.63. The summed E-state index contributed by atoms with van der Waals surface area (Å²) >= 11 is 1.60. The fourth-order valence-corrected chi connectivity index (χ4v) is 3.29. The summed E-state index contributed by atoms with van der Waals surface area (Å²) in [5.41, 5.74) is 8.23. The molecule has 0 aliphatic carbocycles. The van der Waals surface area contributed by atoms with Crippen LogP contribution < -0.4 is 10.5 Å². The molecule has 102 valence electrons. The maximum atomic E-state index is 9.43. The van der Waals surface area contributed by atoms with Crippen LogP contribution in [0.15, 0.2) is 29.0 Å². The molecule has 2 aromatic rings. The van der Waals surface area contributed by atoms with Gasteiger partial charge in [0, 0.05) is 10.6 Å². The second kappa shape index (κ2) is 4.69. The molecular formula is C14H14N4OS. The third-order valence-corrected chi connectivity index (χ3v) is 4.31. The molecule has 3 rings (SSSR count). The summed E-state index contributed by atoms with van der Waals surface area (Å²) in [5.74, 6) is 0.681. The number of thiophene rings is 1. The smallest absolute Gasteiger partial charge is 0.244 e. The summed E-state index contributed by atoms with van der Waals surface area (Å²) in [6, 6.07) is 6.16. The van der Waals surface area contributed by atoms with E-state index in [1.807, 2.05) is 17.5 Å². The topological polar surface area (TPSA) is 87.7 Å². The minimum absolute atomic E-state index is 0.139. The number of ether oxygens (including phenoxy) is 1. The molecule has 0 spiro atoms. The van der Waals surface area contributed by atoms with E-state index in [0.717, 1.165) is 16.1 Å². The molecule has 2 aromatic heterocycles. The second-order valence-corrected chi connectivity index (χ2v) is 5.93. The molecule has 5 nitrogen and oxygen atoms in total. The third kappa shape index (κ3) is 1.79. The van der Waals surface area contributed by atoms with Crippen LogP contribution in [-0.4, -0.2) is 10.2 Å². The van der Waals surface area contributed by atoms with Gasteiger partial charge in [0.15, 0.2) is 0 Å². The van der Waals surface area contributed by atoms with Gasteiger partial charge in [-0.25, -0.2) is 0 Å². The minimum atomic E-state index is -0.195. The van der Waals surface area contributed by atoms with E-state index in [1.165, 1.54) is 0 Å². The zero-order valence-corrected chi connectivity index (χ0v) is 12.0. The standard InChI is InChI=1S/C14H14N4OS/c1-7(2)12-11-10(9-4-3-5-20-9)8(6-15)13(16)19-14(11)18-17-12/h3-5,7,10H,16H2,1-2H3,(H,17,18)/t10-/m0/s1. The summed E-state index contributed by atoms with van der Waals surface area (Å²) in [7, 11) is 0. The van der Waals surface area contributed by atoms with Crippen molar-refractivity contribution in [3.8, 4) is 11.9 Å². The summed E-state index contributed by atoms with van der Waals surface area (Å²) in [6.45, 7) is 4.15. The lowest BCUT2D eigenvalue weighted by Gasteiger charge is -2.23. The number of nitrogens with one attached hydrogen (secondary N) is 1. The molecule has 1 atom stereocenters. The van der Waals surface area contributed by atoms with Crippen LogP contribution in [0.5, 0.6) is 5.88 Å². The Morgan fingerprint density at radius 2 is 2.35 bits per heavy atom. The zero-order chi connectivity index (χ0) is 14.3. The van der Waals surface area contributed by atoms with Gasteiger partial charge in [-0.1, -0.05) is 19.9 Å². The van der Waals surface area contributed by atoms with Gasteiger partial charge in [0.05, 0.1) is 11.5 Å². The van der Waals surface area contributed by atoms with Crippen LogP contribution in [0, 0.1) is 11.3 Å². The highest BCUT2D eigenvalue weighted by Crippen LogP contribution is 2.45. The molecular weight excluding hydrogens is 272 g/mol. The molecule has 0 saturated heterocycles. The zero-order valence-electron chi connectivity index (χ0n) is 11.2. The summed E-state index contributed by atoms with van der Waals surface area (Å²) in [6.07, 6.45) is 0. The molecule has 3 N–H and O–H groups in total. The Bertz CT molecular complexity index is 706. The number of nitrogens with zero attached hydrogens (tertiary/aromatic N) is 2. The largest absolute Gasteiger partial charge is 0.420 e. The lowest BCUT2D eigenvalue weighted by molar-refractivity contribution is 0.379. The number of allylic oxidation sites excluding steroid dienone is 1. The third-order valence-electron chi connectivity index (χ3n) is 3.37. The lowest BCUT2D eigenvalue weighted by atomic mass is 9.86. The number of nitriles is 1. The van der Waals surface area contributed by atoms with E-state index in [2.05, 4.69) is 30.1 Å². The molecule has 3 heterocycles. The van der Waals surface area contributed by atoms with Gasteiger partial charge >= 0.3 is 0 Å². The van der Waals surface area contributed by atoms with Crippen LogP contribution in [0.4, 0.5) is 0 Å². The van der Waals surface area contributed by atoms with Crippen molar-refractivity contribution < 1.29 is 4.74 Å². The summed E-state index contributed by atoms with van der Waals surface area (Å²) < 4.78 is 5.49. The van der Waals surface area contributed by atoms with Crippen molar-refractivity contribution in [2.75, 3.05) is 0 Å². The molecule has 0 radical (unpaired) electrons. The molecule has 6 heteroatoms. The highest BCUT2D eigenvalue weighted by Gasteiger charge is 2.36.